The van der Waals surface area contributed by atoms with E-state index in [1.807, 2.05) is 0 Å². The van der Waals surface area contributed by atoms with E-state index in [0.717, 1.165) is 0 Å². The van der Waals surface area contributed by atoms with Crippen molar-refractivity contribution in [2.75, 3.05) is 0 Å². The van der Waals surface area contributed by atoms with Crippen LogP contribution in [-0.4, -0.2) is 21.3 Å². The number of nitrogens with zero attached hydrogens (tertiary/aromatic N) is 1. The first-order valence-corrected chi connectivity index (χ1v) is 4.84. The molecule has 0 aliphatic carbocycles. The summed E-state index contributed by atoms with van der Waals surface area (Å²) in [7, 11) is 0. The second-order valence-corrected chi connectivity index (χ2v) is 3.65. The summed E-state index contributed by atoms with van der Waals surface area (Å²) in [6, 6.07) is 4.69. The van der Waals surface area contributed by atoms with Crippen LogP contribution >= 0.6 is 11.6 Å². The van der Waals surface area contributed by atoms with Crippen molar-refractivity contribution in [2.45, 2.75) is 6.42 Å². The minimum atomic E-state index is -0.937. The van der Waals surface area contributed by atoms with E-state index in [9.17, 15) is 9.59 Å². The Hall–Kier alpha value is -1.88. The van der Waals surface area contributed by atoms with E-state index in [0.29, 0.717) is 16.3 Å². The van der Waals surface area contributed by atoms with Crippen molar-refractivity contribution in [1.29, 1.82) is 0 Å². The Morgan fingerprint density at radius 2 is 2.19 bits per heavy atom. The lowest BCUT2D eigenvalue weighted by atomic mass is 10.1. The molecule has 0 atom stereocenters. The van der Waals surface area contributed by atoms with Crippen LogP contribution in [0.25, 0.3) is 10.8 Å². The summed E-state index contributed by atoms with van der Waals surface area (Å²) in [6.07, 6.45) is -0.112. The summed E-state index contributed by atoms with van der Waals surface area (Å²) >= 11 is 5.81. The van der Waals surface area contributed by atoms with Crippen molar-refractivity contribution in [3.63, 3.8) is 0 Å². The first-order chi connectivity index (χ1) is 7.58. The molecule has 1 aromatic heterocycles. The fraction of sp³-hybridized carbons (Fsp3) is 0.100. The van der Waals surface area contributed by atoms with Crippen LogP contribution in [0.2, 0.25) is 5.15 Å². The summed E-state index contributed by atoms with van der Waals surface area (Å²) in [5.74, 6) is -0.937. The minimum Gasteiger partial charge on any atom is -0.481 e. The maximum Gasteiger partial charge on any atom is 0.307 e. The number of carboxylic acid groups (broad SMARTS) is 1. The van der Waals surface area contributed by atoms with Gasteiger partial charge in [-0.3, -0.25) is 9.59 Å². The van der Waals surface area contributed by atoms with Crippen molar-refractivity contribution in [2.24, 2.45) is 0 Å². The Labute approximate surface area is 94.7 Å². The molecule has 0 bridgehead atoms. The third-order valence-electron chi connectivity index (χ3n) is 2.16. The van der Waals surface area contributed by atoms with Crippen LogP contribution in [0, 0.1) is 0 Å². The molecule has 1 heterocycles. The number of hydrogen-bond donors (Lipinski definition) is 2. The van der Waals surface area contributed by atoms with Gasteiger partial charge in [-0.1, -0.05) is 17.7 Å². The molecular weight excluding hydrogens is 232 g/mol. The van der Waals surface area contributed by atoms with Gasteiger partial charge in [-0.15, -0.1) is 0 Å². The van der Waals surface area contributed by atoms with Crippen LogP contribution in [0.15, 0.2) is 23.0 Å². The van der Waals surface area contributed by atoms with Gasteiger partial charge in [0.25, 0.3) is 5.56 Å². The van der Waals surface area contributed by atoms with Crippen molar-refractivity contribution in [3.8, 4) is 0 Å². The molecule has 0 aliphatic heterocycles. The fourth-order valence-corrected chi connectivity index (χ4v) is 1.66. The number of rotatable bonds is 2. The molecule has 0 saturated carbocycles. The largest absolute Gasteiger partial charge is 0.481 e. The van der Waals surface area contributed by atoms with Crippen LogP contribution in [0.4, 0.5) is 0 Å². The zero-order valence-corrected chi connectivity index (χ0v) is 8.78. The quantitative estimate of drug-likeness (QED) is 0.824. The van der Waals surface area contributed by atoms with Crippen LogP contribution in [0.1, 0.15) is 5.56 Å². The van der Waals surface area contributed by atoms with E-state index in [-0.39, 0.29) is 17.1 Å². The van der Waals surface area contributed by atoms with E-state index in [2.05, 4.69) is 10.2 Å². The van der Waals surface area contributed by atoms with Crippen LogP contribution < -0.4 is 5.56 Å². The van der Waals surface area contributed by atoms with Gasteiger partial charge in [-0.2, -0.15) is 5.10 Å². The maximum atomic E-state index is 11.4. The molecule has 0 saturated heterocycles. The average molecular weight is 239 g/mol. The smallest absolute Gasteiger partial charge is 0.307 e. The summed E-state index contributed by atoms with van der Waals surface area (Å²) in [5, 5.41) is 15.5. The van der Waals surface area contributed by atoms with Gasteiger partial charge in [0.1, 0.15) is 0 Å². The lowest BCUT2D eigenvalue weighted by molar-refractivity contribution is -0.136. The summed E-state index contributed by atoms with van der Waals surface area (Å²) in [5.41, 5.74) is 0.232. The number of aromatic amines is 1. The number of nitrogens with one attached hydrogen (secondary N) is 1. The van der Waals surface area contributed by atoms with Gasteiger partial charge in [-0.25, -0.2) is 5.10 Å². The summed E-state index contributed by atoms with van der Waals surface area (Å²) in [4.78, 5) is 21.9. The average Bonchev–Trinajstić information content (AvgIpc) is 2.23. The first kappa shape index (κ1) is 10.6. The standard InChI is InChI=1S/C10H7ClN2O3/c11-9-7-3-5(4-8(14)15)1-2-6(7)10(16)13-12-9/h1-3H,4H2,(H,13,16)(H,14,15). The Morgan fingerprint density at radius 1 is 1.44 bits per heavy atom. The van der Waals surface area contributed by atoms with Gasteiger partial charge < -0.3 is 5.11 Å². The van der Waals surface area contributed by atoms with E-state index < -0.39 is 5.97 Å². The van der Waals surface area contributed by atoms with E-state index in [1.54, 1.807) is 18.2 Å². The molecule has 0 amide bonds. The Balaban J connectivity index is 2.66. The van der Waals surface area contributed by atoms with E-state index >= 15 is 0 Å². The second-order valence-electron chi connectivity index (χ2n) is 3.29. The fourth-order valence-electron chi connectivity index (χ4n) is 1.46. The third kappa shape index (κ3) is 1.90. The summed E-state index contributed by atoms with van der Waals surface area (Å²) < 4.78 is 0. The number of aliphatic carboxylic acids is 1. The third-order valence-corrected chi connectivity index (χ3v) is 2.45. The van der Waals surface area contributed by atoms with Gasteiger partial charge >= 0.3 is 5.97 Å². The highest BCUT2D eigenvalue weighted by atomic mass is 35.5. The number of aromatic nitrogens is 2. The van der Waals surface area contributed by atoms with Crippen molar-refractivity contribution < 1.29 is 9.90 Å². The highest BCUT2D eigenvalue weighted by Gasteiger charge is 2.07. The zero-order valence-electron chi connectivity index (χ0n) is 8.03. The molecular formula is C10H7ClN2O3. The SMILES string of the molecule is O=C(O)Cc1ccc2c(=O)[nH]nc(Cl)c2c1. The number of hydrogen-bond acceptors (Lipinski definition) is 3. The van der Waals surface area contributed by atoms with Crippen LogP contribution in [-0.2, 0) is 11.2 Å². The predicted molar refractivity (Wildman–Crippen MR) is 58.7 cm³/mol. The number of carbonyl (C=O) groups is 1. The number of halogens is 1. The van der Waals surface area contributed by atoms with Crippen LogP contribution in [0.5, 0.6) is 0 Å². The molecule has 0 unspecified atom stereocenters. The molecule has 1 aromatic carbocycles. The molecule has 16 heavy (non-hydrogen) atoms. The zero-order chi connectivity index (χ0) is 11.7. The molecule has 2 N–H and O–H groups in total. The Kier molecular flexibility index (Phi) is 2.62. The molecule has 0 spiro atoms. The molecule has 82 valence electrons. The monoisotopic (exact) mass is 238 g/mol. The highest BCUT2D eigenvalue weighted by molar-refractivity contribution is 6.34. The Morgan fingerprint density at radius 3 is 2.88 bits per heavy atom. The summed E-state index contributed by atoms with van der Waals surface area (Å²) in [6.45, 7) is 0. The molecule has 0 fully saturated rings. The van der Waals surface area contributed by atoms with Crippen molar-refractivity contribution in [3.05, 3.63) is 39.3 Å². The molecule has 5 nitrogen and oxygen atoms in total. The van der Waals surface area contributed by atoms with E-state index in [4.69, 9.17) is 16.7 Å². The molecule has 6 heteroatoms. The minimum absolute atomic E-state index is 0.112. The predicted octanol–water partition coefficient (Wildman–Crippen LogP) is 1.20. The maximum absolute atomic E-state index is 11.4. The first-order valence-electron chi connectivity index (χ1n) is 4.46. The molecule has 2 rings (SSSR count). The van der Waals surface area contributed by atoms with Crippen molar-refractivity contribution >= 4 is 28.3 Å². The molecule has 0 aliphatic rings. The van der Waals surface area contributed by atoms with Gasteiger partial charge in [0, 0.05) is 5.39 Å². The number of benzene rings is 1. The highest BCUT2D eigenvalue weighted by Crippen LogP contribution is 2.19. The number of H-pyrrole nitrogens is 1. The van der Waals surface area contributed by atoms with Gasteiger partial charge in [0.2, 0.25) is 0 Å². The molecule has 0 radical (unpaired) electrons. The Bertz CT molecular complexity index is 621. The lowest BCUT2D eigenvalue weighted by Crippen LogP contribution is -2.09. The normalized spacial score (nSPS) is 10.6. The van der Waals surface area contributed by atoms with Gasteiger partial charge in [0.15, 0.2) is 5.15 Å². The topological polar surface area (TPSA) is 83.0 Å². The second kappa shape index (κ2) is 3.94. The van der Waals surface area contributed by atoms with Gasteiger partial charge in [0.05, 0.1) is 11.8 Å². The number of fused-ring (bicyclic) bond motifs is 1. The van der Waals surface area contributed by atoms with Crippen molar-refractivity contribution in [1.82, 2.24) is 10.2 Å². The number of carboxylic acids is 1. The van der Waals surface area contributed by atoms with Crippen LogP contribution in [0.3, 0.4) is 0 Å². The van der Waals surface area contributed by atoms with E-state index in [1.165, 1.54) is 0 Å². The lowest BCUT2D eigenvalue weighted by Gasteiger charge is -2.01. The molecule has 2 aromatic rings. The van der Waals surface area contributed by atoms with Gasteiger partial charge in [-0.05, 0) is 17.7 Å².